The van der Waals surface area contributed by atoms with Crippen LogP contribution in [-0.2, 0) is 4.74 Å². The zero-order valence-corrected chi connectivity index (χ0v) is 15.4. The lowest BCUT2D eigenvalue weighted by atomic mass is 10.0. The van der Waals surface area contributed by atoms with Crippen molar-refractivity contribution in [2.24, 2.45) is 11.8 Å². The van der Waals surface area contributed by atoms with Crippen molar-refractivity contribution in [1.29, 1.82) is 0 Å². The second-order valence-electron chi connectivity index (χ2n) is 8.01. The first kappa shape index (κ1) is 16.8. The molecule has 1 amide bonds. The lowest BCUT2D eigenvalue weighted by Crippen LogP contribution is -2.37. The molecule has 2 aliphatic heterocycles. The van der Waals surface area contributed by atoms with E-state index in [9.17, 15) is 4.79 Å². The van der Waals surface area contributed by atoms with Gasteiger partial charge in [0.15, 0.2) is 11.6 Å². The van der Waals surface area contributed by atoms with Crippen LogP contribution in [0, 0.1) is 11.8 Å². The minimum absolute atomic E-state index is 0.207. The third-order valence-corrected chi connectivity index (χ3v) is 4.84. The number of likely N-dealkylation sites (tertiary alicyclic amines) is 1. The van der Waals surface area contributed by atoms with Gasteiger partial charge in [0.25, 0.3) is 0 Å². The molecule has 8 heteroatoms. The van der Waals surface area contributed by atoms with Crippen molar-refractivity contribution in [2.45, 2.75) is 26.4 Å². The molecule has 0 N–H and O–H groups in total. The highest BCUT2D eigenvalue weighted by atomic mass is 16.6. The van der Waals surface area contributed by atoms with E-state index >= 15 is 0 Å². The summed E-state index contributed by atoms with van der Waals surface area (Å²) in [4.78, 5) is 16.3. The highest BCUT2D eigenvalue weighted by Gasteiger charge is 2.43. The molecule has 138 valence electrons. The Bertz CT molecular complexity index is 754. The fraction of sp³-hybridized carbons (Fsp3) is 0.556. The van der Waals surface area contributed by atoms with Crippen LogP contribution in [0.15, 0.2) is 30.6 Å². The molecule has 0 aromatic carbocycles. The molecule has 0 radical (unpaired) electrons. The number of fused-ring (bicyclic) bond motifs is 1. The average Bonchev–Trinajstić information content (AvgIpc) is 3.29. The fourth-order valence-electron chi connectivity index (χ4n) is 3.67. The zero-order chi connectivity index (χ0) is 18.3. The Balaban J connectivity index is 1.37. The molecule has 0 saturated carbocycles. The van der Waals surface area contributed by atoms with Gasteiger partial charge in [0.1, 0.15) is 5.60 Å². The number of nitrogens with zero attached hydrogens (tertiary/aromatic N) is 6. The topological polar surface area (TPSA) is 76.4 Å². The van der Waals surface area contributed by atoms with Crippen LogP contribution in [0.25, 0.3) is 5.82 Å². The Morgan fingerprint density at radius 1 is 1.08 bits per heavy atom. The Kier molecular flexibility index (Phi) is 4.05. The van der Waals surface area contributed by atoms with Gasteiger partial charge in [-0.3, -0.25) is 0 Å². The minimum atomic E-state index is -0.452. The summed E-state index contributed by atoms with van der Waals surface area (Å²) in [6.45, 7) is 8.96. The Morgan fingerprint density at radius 2 is 1.73 bits per heavy atom. The molecule has 0 unspecified atom stereocenters. The van der Waals surface area contributed by atoms with Gasteiger partial charge < -0.3 is 14.5 Å². The van der Waals surface area contributed by atoms with Crippen molar-refractivity contribution in [3.63, 3.8) is 0 Å². The number of anilines is 1. The standard InChI is InChI=1S/C18H24N6O2/c1-18(2,3)26-17(25)23-11-13-9-22(10-14(13)12-23)15-5-6-16(21-20-15)24-8-4-7-19-24/h4-8,13-14H,9-12H2,1-3H3/t13-,14-/m1/s1. The van der Waals surface area contributed by atoms with Crippen LogP contribution in [0.2, 0.25) is 0 Å². The van der Waals surface area contributed by atoms with E-state index in [1.54, 1.807) is 10.9 Å². The van der Waals surface area contributed by atoms with Gasteiger partial charge in [-0.2, -0.15) is 5.10 Å². The van der Waals surface area contributed by atoms with Gasteiger partial charge in [0.2, 0.25) is 0 Å². The summed E-state index contributed by atoms with van der Waals surface area (Å²) in [5.41, 5.74) is -0.452. The molecular formula is C18H24N6O2. The summed E-state index contributed by atoms with van der Waals surface area (Å²) in [5.74, 6) is 2.48. The summed E-state index contributed by atoms with van der Waals surface area (Å²) in [6.07, 6.45) is 3.35. The van der Waals surface area contributed by atoms with E-state index in [4.69, 9.17) is 4.74 Å². The van der Waals surface area contributed by atoms with Gasteiger partial charge >= 0.3 is 6.09 Å². The first-order chi connectivity index (χ1) is 12.4. The van der Waals surface area contributed by atoms with Crippen LogP contribution in [0.4, 0.5) is 10.6 Å². The first-order valence-electron chi connectivity index (χ1n) is 8.96. The molecule has 26 heavy (non-hydrogen) atoms. The Labute approximate surface area is 152 Å². The van der Waals surface area contributed by atoms with Crippen molar-refractivity contribution < 1.29 is 9.53 Å². The monoisotopic (exact) mass is 356 g/mol. The lowest BCUT2D eigenvalue weighted by molar-refractivity contribution is 0.0282. The van der Waals surface area contributed by atoms with Crippen molar-refractivity contribution in [1.82, 2.24) is 24.9 Å². The van der Waals surface area contributed by atoms with Gasteiger partial charge in [0, 0.05) is 50.4 Å². The third kappa shape index (κ3) is 3.36. The van der Waals surface area contributed by atoms with Gasteiger partial charge in [-0.1, -0.05) is 0 Å². The number of aromatic nitrogens is 4. The van der Waals surface area contributed by atoms with Crippen molar-refractivity contribution in [3.8, 4) is 5.82 Å². The molecule has 0 aliphatic carbocycles. The maximum Gasteiger partial charge on any atom is 0.410 e. The number of ether oxygens (including phenoxy) is 1. The third-order valence-electron chi connectivity index (χ3n) is 4.84. The Morgan fingerprint density at radius 3 is 2.27 bits per heavy atom. The summed E-state index contributed by atoms with van der Waals surface area (Å²) in [6, 6.07) is 5.76. The van der Waals surface area contributed by atoms with Crippen LogP contribution in [0.5, 0.6) is 0 Å². The largest absolute Gasteiger partial charge is 0.444 e. The summed E-state index contributed by atoms with van der Waals surface area (Å²) >= 11 is 0. The van der Waals surface area contributed by atoms with E-state index in [0.717, 1.165) is 32.0 Å². The minimum Gasteiger partial charge on any atom is -0.444 e. The van der Waals surface area contributed by atoms with Crippen LogP contribution in [-0.4, -0.2) is 62.8 Å². The van der Waals surface area contributed by atoms with Gasteiger partial charge in [-0.15, -0.1) is 10.2 Å². The lowest BCUT2D eigenvalue weighted by Gasteiger charge is -2.26. The average molecular weight is 356 g/mol. The first-order valence-corrected chi connectivity index (χ1v) is 8.96. The van der Waals surface area contributed by atoms with Crippen LogP contribution < -0.4 is 4.90 Å². The molecule has 2 atom stereocenters. The molecule has 0 bridgehead atoms. The number of carbonyl (C=O) groups excluding carboxylic acids is 1. The molecule has 2 aromatic heterocycles. The van der Waals surface area contributed by atoms with E-state index < -0.39 is 5.60 Å². The second-order valence-corrected chi connectivity index (χ2v) is 8.01. The fourth-order valence-corrected chi connectivity index (χ4v) is 3.67. The molecule has 4 rings (SSSR count). The van der Waals surface area contributed by atoms with Gasteiger partial charge in [0.05, 0.1) is 0 Å². The smallest absolute Gasteiger partial charge is 0.410 e. The van der Waals surface area contributed by atoms with Crippen LogP contribution in [0.1, 0.15) is 20.8 Å². The van der Waals surface area contributed by atoms with Crippen LogP contribution >= 0.6 is 0 Å². The zero-order valence-electron chi connectivity index (χ0n) is 15.4. The SMILES string of the molecule is CC(C)(C)OC(=O)N1C[C@H]2CN(c3ccc(-n4cccn4)nn3)C[C@@H]2C1. The molecule has 4 heterocycles. The van der Waals surface area contributed by atoms with Crippen LogP contribution in [0.3, 0.4) is 0 Å². The highest BCUT2D eigenvalue weighted by molar-refractivity contribution is 5.68. The second kappa shape index (κ2) is 6.26. The maximum absolute atomic E-state index is 12.3. The predicted molar refractivity (Wildman–Crippen MR) is 96.2 cm³/mol. The highest BCUT2D eigenvalue weighted by Crippen LogP contribution is 2.33. The number of carbonyl (C=O) groups is 1. The van der Waals surface area contributed by atoms with E-state index in [0.29, 0.717) is 17.7 Å². The van der Waals surface area contributed by atoms with E-state index in [1.165, 1.54) is 0 Å². The number of hydrogen-bond acceptors (Lipinski definition) is 6. The number of amides is 1. The molecule has 2 aliphatic rings. The van der Waals surface area contributed by atoms with Crippen molar-refractivity contribution >= 4 is 11.9 Å². The van der Waals surface area contributed by atoms with E-state index in [2.05, 4.69) is 20.2 Å². The molecule has 8 nitrogen and oxygen atoms in total. The van der Waals surface area contributed by atoms with Gasteiger partial charge in [-0.25, -0.2) is 9.48 Å². The van der Waals surface area contributed by atoms with Gasteiger partial charge in [-0.05, 0) is 39.0 Å². The maximum atomic E-state index is 12.3. The number of rotatable bonds is 2. The molecule has 2 aromatic rings. The van der Waals surface area contributed by atoms with Crippen molar-refractivity contribution in [2.75, 3.05) is 31.1 Å². The summed E-state index contributed by atoms with van der Waals surface area (Å²) in [5, 5.41) is 12.8. The quantitative estimate of drug-likeness (QED) is 0.819. The molecule has 2 saturated heterocycles. The summed E-state index contributed by atoms with van der Waals surface area (Å²) in [7, 11) is 0. The molecule has 2 fully saturated rings. The molecule has 0 spiro atoms. The van der Waals surface area contributed by atoms with E-state index in [-0.39, 0.29) is 6.09 Å². The van der Waals surface area contributed by atoms with E-state index in [1.807, 2.05) is 50.1 Å². The predicted octanol–water partition coefficient (Wildman–Crippen LogP) is 1.97. The Hall–Kier alpha value is -2.64. The summed E-state index contributed by atoms with van der Waals surface area (Å²) < 4.78 is 7.18. The van der Waals surface area contributed by atoms with Crippen molar-refractivity contribution in [3.05, 3.63) is 30.6 Å². The molecular weight excluding hydrogens is 332 g/mol. The normalized spacial score (nSPS) is 22.6. The number of hydrogen-bond donors (Lipinski definition) is 0.